The molecule has 1 rings (SSSR count). The fraction of sp³-hybridized carbons (Fsp3) is 0.300. The molecule has 0 radical (unpaired) electrons. The largest absolute Gasteiger partial charge is 0.496 e. The summed E-state index contributed by atoms with van der Waals surface area (Å²) in [6.07, 6.45) is -1.08. The Morgan fingerprint density at radius 2 is 2.27 bits per heavy atom. The van der Waals surface area contributed by atoms with Gasteiger partial charge in [-0.25, -0.2) is 4.79 Å². The van der Waals surface area contributed by atoms with Gasteiger partial charge in [0.1, 0.15) is 5.75 Å². The molecular weight excluding hydrogens is 196 g/mol. The van der Waals surface area contributed by atoms with Crippen LogP contribution in [0.15, 0.2) is 24.3 Å². The van der Waals surface area contributed by atoms with Crippen molar-refractivity contribution in [1.29, 1.82) is 0 Å². The van der Waals surface area contributed by atoms with E-state index in [4.69, 9.17) is 15.6 Å². The van der Waals surface area contributed by atoms with Crippen molar-refractivity contribution in [2.75, 3.05) is 13.7 Å². The van der Waals surface area contributed by atoms with E-state index >= 15 is 0 Å². The molecule has 1 aromatic carbocycles. The van der Waals surface area contributed by atoms with Crippen LogP contribution in [0, 0.1) is 0 Å². The molecule has 15 heavy (non-hydrogen) atoms. The van der Waals surface area contributed by atoms with Crippen molar-refractivity contribution < 1.29 is 14.6 Å². The summed E-state index contributed by atoms with van der Waals surface area (Å²) in [4.78, 5) is 10.3. The van der Waals surface area contributed by atoms with Gasteiger partial charge in [0.15, 0.2) is 0 Å². The fourth-order valence-corrected chi connectivity index (χ4v) is 1.28. The molecule has 0 aliphatic carbocycles. The number of para-hydroxylation sites is 1. The van der Waals surface area contributed by atoms with Gasteiger partial charge in [0.2, 0.25) is 0 Å². The lowest BCUT2D eigenvalue weighted by molar-refractivity contribution is 0.193. The second kappa shape index (κ2) is 5.21. The summed E-state index contributed by atoms with van der Waals surface area (Å²) in [5, 5.41) is 10.7. The number of rotatable bonds is 4. The van der Waals surface area contributed by atoms with E-state index in [0.717, 1.165) is 5.56 Å². The molecule has 0 spiro atoms. The van der Waals surface area contributed by atoms with Crippen LogP contribution in [0.3, 0.4) is 0 Å². The van der Waals surface area contributed by atoms with Crippen molar-refractivity contribution in [2.24, 2.45) is 5.73 Å². The van der Waals surface area contributed by atoms with E-state index in [1.54, 1.807) is 13.2 Å². The number of hydrogen-bond acceptors (Lipinski definition) is 3. The Hall–Kier alpha value is -1.75. The molecule has 0 aliphatic heterocycles. The SMILES string of the molecule is COc1ccccc1C(N)CNC(=O)O. The number of hydrogen-bond donors (Lipinski definition) is 3. The third-order valence-electron chi connectivity index (χ3n) is 2.01. The first kappa shape index (κ1) is 11.3. The Bertz CT molecular complexity index is 341. The van der Waals surface area contributed by atoms with Gasteiger partial charge in [-0.05, 0) is 6.07 Å². The Balaban J connectivity index is 2.72. The van der Waals surface area contributed by atoms with Crippen LogP contribution in [-0.4, -0.2) is 24.9 Å². The molecule has 0 heterocycles. The summed E-state index contributed by atoms with van der Waals surface area (Å²) in [6.45, 7) is 0.162. The second-order valence-corrected chi connectivity index (χ2v) is 3.03. The van der Waals surface area contributed by atoms with Gasteiger partial charge in [-0.15, -0.1) is 0 Å². The maximum Gasteiger partial charge on any atom is 0.404 e. The zero-order valence-electron chi connectivity index (χ0n) is 8.43. The van der Waals surface area contributed by atoms with Gasteiger partial charge in [-0.1, -0.05) is 18.2 Å². The van der Waals surface area contributed by atoms with Crippen molar-refractivity contribution in [3.8, 4) is 5.75 Å². The quantitative estimate of drug-likeness (QED) is 0.691. The summed E-state index contributed by atoms with van der Waals surface area (Å²) >= 11 is 0. The molecule has 1 unspecified atom stereocenters. The number of carbonyl (C=O) groups is 1. The summed E-state index contributed by atoms with van der Waals surface area (Å²) in [5.74, 6) is 0.664. The average Bonchev–Trinajstić information content (AvgIpc) is 2.25. The number of nitrogens with two attached hydrogens (primary N) is 1. The van der Waals surface area contributed by atoms with Gasteiger partial charge in [0, 0.05) is 12.1 Å². The highest BCUT2D eigenvalue weighted by Gasteiger charge is 2.11. The zero-order valence-corrected chi connectivity index (χ0v) is 8.43. The number of carboxylic acid groups (broad SMARTS) is 1. The molecule has 0 saturated heterocycles. The highest BCUT2D eigenvalue weighted by atomic mass is 16.5. The van der Waals surface area contributed by atoms with Gasteiger partial charge >= 0.3 is 6.09 Å². The van der Waals surface area contributed by atoms with E-state index < -0.39 is 12.1 Å². The summed E-state index contributed by atoms with van der Waals surface area (Å²) in [7, 11) is 1.55. The molecule has 5 heteroatoms. The van der Waals surface area contributed by atoms with E-state index in [0.29, 0.717) is 5.75 Å². The van der Waals surface area contributed by atoms with Crippen LogP contribution in [0.2, 0.25) is 0 Å². The lowest BCUT2D eigenvalue weighted by atomic mass is 10.1. The molecule has 1 amide bonds. The minimum absolute atomic E-state index is 0.162. The van der Waals surface area contributed by atoms with E-state index in [2.05, 4.69) is 5.32 Å². The molecule has 0 fully saturated rings. The van der Waals surface area contributed by atoms with Gasteiger partial charge in [0.05, 0.1) is 13.2 Å². The van der Waals surface area contributed by atoms with E-state index in [9.17, 15) is 4.79 Å². The van der Waals surface area contributed by atoms with Crippen LogP contribution in [0.1, 0.15) is 11.6 Å². The molecular formula is C10H14N2O3. The summed E-state index contributed by atoms with van der Waals surface area (Å²) in [6, 6.07) is 6.86. The minimum Gasteiger partial charge on any atom is -0.496 e. The first-order chi connectivity index (χ1) is 7.15. The molecule has 0 aliphatic rings. The van der Waals surface area contributed by atoms with Crippen molar-refractivity contribution in [3.05, 3.63) is 29.8 Å². The maximum absolute atomic E-state index is 10.3. The Morgan fingerprint density at radius 1 is 1.60 bits per heavy atom. The Kier molecular flexibility index (Phi) is 3.93. The molecule has 82 valence electrons. The minimum atomic E-state index is -1.08. The highest BCUT2D eigenvalue weighted by Crippen LogP contribution is 2.22. The fourth-order valence-electron chi connectivity index (χ4n) is 1.28. The van der Waals surface area contributed by atoms with Gasteiger partial charge in [-0.2, -0.15) is 0 Å². The van der Waals surface area contributed by atoms with Crippen molar-refractivity contribution in [3.63, 3.8) is 0 Å². The van der Waals surface area contributed by atoms with Crippen LogP contribution in [0.5, 0.6) is 5.75 Å². The number of ether oxygens (including phenoxy) is 1. The maximum atomic E-state index is 10.3. The Morgan fingerprint density at radius 3 is 2.87 bits per heavy atom. The van der Waals surface area contributed by atoms with E-state index in [-0.39, 0.29) is 6.54 Å². The lowest BCUT2D eigenvalue weighted by Gasteiger charge is -2.15. The molecule has 4 N–H and O–H groups in total. The smallest absolute Gasteiger partial charge is 0.404 e. The molecule has 1 atom stereocenters. The van der Waals surface area contributed by atoms with E-state index in [1.807, 2.05) is 18.2 Å². The molecule has 0 bridgehead atoms. The lowest BCUT2D eigenvalue weighted by Crippen LogP contribution is -2.30. The molecule has 0 aromatic heterocycles. The zero-order chi connectivity index (χ0) is 11.3. The van der Waals surface area contributed by atoms with Crippen LogP contribution in [0.4, 0.5) is 4.79 Å². The summed E-state index contributed by atoms with van der Waals surface area (Å²) in [5.41, 5.74) is 6.60. The number of methoxy groups -OCH3 is 1. The number of benzene rings is 1. The van der Waals surface area contributed by atoms with Gasteiger partial charge < -0.3 is 20.9 Å². The predicted molar refractivity (Wildman–Crippen MR) is 55.9 cm³/mol. The van der Waals surface area contributed by atoms with Crippen LogP contribution < -0.4 is 15.8 Å². The van der Waals surface area contributed by atoms with Crippen molar-refractivity contribution >= 4 is 6.09 Å². The third kappa shape index (κ3) is 3.14. The molecule has 0 saturated carbocycles. The topological polar surface area (TPSA) is 84.6 Å². The van der Waals surface area contributed by atoms with Gasteiger partial charge in [-0.3, -0.25) is 0 Å². The van der Waals surface area contributed by atoms with Crippen LogP contribution in [0.25, 0.3) is 0 Å². The highest BCUT2D eigenvalue weighted by molar-refractivity contribution is 5.64. The second-order valence-electron chi connectivity index (χ2n) is 3.03. The number of nitrogens with one attached hydrogen (secondary N) is 1. The number of amides is 1. The third-order valence-corrected chi connectivity index (χ3v) is 2.01. The standard InChI is InChI=1S/C10H14N2O3/c1-15-9-5-3-2-4-7(9)8(11)6-12-10(13)14/h2-5,8,12H,6,11H2,1H3,(H,13,14). The first-order valence-electron chi connectivity index (χ1n) is 4.50. The van der Waals surface area contributed by atoms with Crippen LogP contribution in [-0.2, 0) is 0 Å². The predicted octanol–water partition coefficient (Wildman–Crippen LogP) is 0.963. The molecule has 1 aromatic rings. The molecule has 5 nitrogen and oxygen atoms in total. The van der Waals surface area contributed by atoms with Gasteiger partial charge in [0.25, 0.3) is 0 Å². The average molecular weight is 210 g/mol. The van der Waals surface area contributed by atoms with E-state index in [1.165, 1.54) is 0 Å². The normalized spacial score (nSPS) is 11.9. The Labute approximate surface area is 87.9 Å². The monoisotopic (exact) mass is 210 g/mol. The first-order valence-corrected chi connectivity index (χ1v) is 4.50. The van der Waals surface area contributed by atoms with Crippen molar-refractivity contribution in [1.82, 2.24) is 5.32 Å². The van der Waals surface area contributed by atoms with Crippen molar-refractivity contribution in [2.45, 2.75) is 6.04 Å². The van der Waals surface area contributed by atoms with Crippen LogP contribution >= 0.6 is 0 Å². The summed E-state index contributed by atoms with van der Waals surface area (Å²) < 4.78 is 5.12.